The number of rotatable bonds is 1. The van der Waals surface area contributed by atoms with E-state index in [9.17, 15) is 15.0 Å². The Labute approximate surface area is 145 Å². The molecule has 0 aromatic rings. The van der Waals surface area contributed by atoms with E-state index in [-0.39, 0.29) is 22.9 Å². The molecule has 4 rings (SSSR count). The van der Waals surface area contributed by atoms with Gasteiger partial charge in [-0.3, -0.25) is 4.79 Å². The molecule has 0 unspecified atom stereocenters. The minimum absolute atomic E-state index is 0.00327. The summed E-state index contributed by atoms with van der Waals surface area (Å²) < 4.78 is 0. The molecule has 0 aliphatic heterocycles. The molecular weight excluding hydrogens is 300 g/mol. The number of fused-ring (bicyclic) bond motifs is 5. The molecule has 24 heavy (non-hydrogen) atoms. The van der Waals surface area contributed by atoms with Gasteiger partial charge in [0, 0.05) is 11.8 Å². The smallest absolute Gasteiger partial charge is 0.139 e. The number of Topliss-reactive ketones (excluding diaryl/α,β-unsaturated/α-hetero) is 1. The molecule has 0 heterocycles. The topological polar surface area (TPSA) is 57.5 Å². The average Bonchev–Trinajstić information content (AvgIpc) is 2.83. The van der Waals surface area contributed by atoms with Gasteiger partial charge in [0.15, 0.2) is 0 Å². The molecule has 4 aliphatic rings. The Kier molecular flexibility index (Phi) is 3.61. The summed E-state index contributed by atoms with van der Waals surface area (Å²) in [4.78, 5) is 12.5. The first-order valence-electron chi connectivity index (χ1n) is 9.87. The minimum atomic E-state index is -0.560. The van der Waals surface area contributed by atoms with Gasteiger partial charge >= 0.3 is 0 Å². The van der Waals surface area contributed by atoms with E-state index < -0.39 is 5.60 Å². The first-order chi connectivity index (χ1) is 11.2. The van der Waals surface area contributed by atoms with Crippen molar-refractivity contribution in [3.05, 3.63) is 11.6 Å². The minimum Gasteiger partial charge on any atom is -0.393 e. The molecule has 2 N–H and O–H groups in total. The molecule has 3 fully saturated rings. The first kappa shape index (κ1) is 16.8. The standard InChI is InChI=1S/C21H32O3/c1-4-21(24)10-9-19(2)13(11-21)5-6-14-15-7-8-17(23)20(15,3)12-16(22)18(14)19/h5,14-16,18,22,24H,4,6-12H2,1-3H3/t14-,15-,16+,18+,19-,20-,21-/m0/s1. The molecule has 0 bridgehead atoms. The molecule has 134 valence electrons. The largest absolute Gasteiger partial charge is 0.393 e. The summed E-state index contributed by atoms with van der Waals surface area (Å²) in [6.45, 7) is 6.48. The quantitative estimate of drug-likeness (QED) is 0.721. The van der Waals surface area contributed by atoms with Crippen LogP contribution >= 0.6 is 0 Å². The van der Waals surface area contributed by atoms with Crippen LogP contribution in [0.5, 0.6) is 0 Å². The third-order valence-electron chi connectivity index (χ3n) is 8.56. The Bertz CT molecular complexity index is 596. The summed E-state index contributed by atoms with van der Waals surface area (Å²) in [6, 6.07) is 0. The number of hydrogen-bond donors (Lipinski definition) is 2. The molecular formula is C21H32O3. The van der Waals surface area contributed by atoms with E-state index in [4.69, 9.17) is 0 Å². The number of carbonyl (C=O) groups is 1. The summed E-state index contributed by atoms with van der Waals surface area (Å²) in [6.07, 6.45) is 8.62. The molecule has 7 atom stereocenters. The Morgan fingerprint density at radius 2 is 2.00 bits per heavy atom. The van der Waals surface area contributed by atoms with Gasteiger partial charge < -0.3 is 10.2 Å². The van der Waals surface area contributed by atoms with Gasteiger partial charge in [0.25, 0.3) is 0 Å². The van der Waals surface area contributed by atoms with Crippen molar-refractivity contribution in [3.63, 3.8) is 0 Å². The Morgan fingerprint density at radius 3 is 2.71 bits per heavy atom. The van der Waals surface area contributed by atoms with Gasteiger partial charge in [0.1, 0.15) is 5.78 Å². The number of aliphatic hydroxyl groups is 2. The monoisotopic (exact) mass is 332 g/mol. The molecule has 0 spiro atoms. The zero-order valence-electron chi connectivity index (χ0n) is 15.3. The van der Waals surface area contributed by atoms with E-state index in [1.807, 2.05) is 0 Å². The summed E-state index contributed by atoms with van der Waals surface area (Å²) in [5, 5.41) is 21.9. The molecule has 3 saturated carbocycles. The van der Waals surface area contributed by atoms with Crippen LogP contribution in [0.4, 0.5) is 0 Å². The number of carbonyl (C=O) groups excluding carboxylic acids is 1. The summed E-state index contributed by atoms with van der Waals surface area (Å²) in [7, 11) is 0. The third-order valence-corrected chi connectivity index (χ3v) is 8.56. The lowest BCUT2D eigenvalue weighted by Crippen LogP contribution is -2.57. The zero-order valence-corrected chi connectivity index (χ0v) is 15.3. The highest BCUT2D eigenvalue weighted by Gasteiger charge is 2.62. The van der Waals surface area contributed by atoms with E-state index in [0.29, 0.717) is 30.5 Å². The van der Waals surface area contributed by atoms with Crippen molar-refractivity contribution in [2.45, 2.75) is 83.8 Å². The number of aliphatic hydroxyl groups excluding tert-OH is 1. The molecule has 3 heteroatoms. The fourth-order valence-electron chi connectivity index (χ4n) is 6.92. The fourth-order valence-corrected chi connectivity index (χ4v) is 6.92. The third kappa shape index (κ3) is 2.07. The van der Waals surface area contributed by atoms with E-state index in [1.165, 1.54) is 5.57 Å². The highest BCUT2D eigenvalue weighted by Crippen LogP contribution is 2.64. The number of hydrogen-bond acceptors (Lipinski definition) is 3. The number of allylic oxidation sites excluding steroid dienone is 1. The van der Waals surface area contributed by atoms with Gasteiger partial charge in [-0.2, -0.15) is 0 Å². The molecule has 0 aromatic carbocycles. The van der Waals surface area contributed by atoms with Gasteiger partial charge in [-0.15, -0.1) is 0 Å². The van der Waals surface area contributed by atoms with Crippen molar-refractivity contribution in [1.82, 2.24) is 0 Å². The van der Waals surface area contributed by atoms with Gasteiger partial charge in [0.2, 0.25) is 0 Å². The highest BCUT2D eigenvalue weighted by molar-refractivity contribution is 5.87. The molecule has 0 aromatic heterocycles. The van der Waals surface area contributed by atoms with E-state index in [1.54, 1.807) is 0 Å². The summed E-state index contributed by atoms with van der Waals surface area (Å²) >= 11 is 0. The van der Waals surface area contributed by atoms with Crippen molar-refractivity contribution in [2.75, 3.05) is 0 Å². The van der Waals surface area contributed by atoms with Crippen LogP contribution in [0, 0.1) is 28.6 Å². The van der Waals surface area contributed by atoms with Crippen molar-refractivity contribution < 1.29 is 15.0 Å². The SMILES string of the molecule is CC[C@]1(O)CC[C@@]2(C)C(=CC[C@@H]3[C@@H]2[C@H](O)C[C@]2(C)C(=O)CC[C@@H]32)C1. The molecule has 0 radical (unpaired) electrons. The van der Waals surface area contributed by atoms with Crippen LogP contribution in [0.25, 0.3) is 0 Å². The predicted molar refractivity (Wildman–Crippen MR) is 93.3 cm³/mol. The average molecular weight is 332 g/mol. The van der Waals surface area contributed by atoms with Crippen molar-refractivity contribution in [3.8, 4) is 0 Å². The Balaban J connectivity index is 1.71. The van der Waals surface area contributed by atoms with Crippen LogP contribution in [-0.4, -0.2) is 27.7 Å². The Hall–Kier alpha value is -0.670. The van der Waals surface area contributed by atoms with Crippen LogP contribution in [0.15, 0.2) is 11.6 Å². The maximum absolute atomic E-state index is 12.5. The lowest BCUT2D eigenvalue weighted by atomic mass is 9.46. The first-order valence-corrected chi connectivity index (χ1v) is 9.87. The van der Waals surface area contributed by atoms with Crippen molar-refractivity contribution in [1.29, 1.82) is 0 Å². The number of ketones is 1. The summed E-state index contributed by atoms with van der Waals surface area (Å²) in [5.41, 5.74) is 0.499. The van der Waals surface area contributed by atoms with E-state index >= 15 is 0 Å². The van der Waals surface area contributed by atoms with Gasteiger partial charge in [-0.25, -0.2) is 0 Å². The van der Waals surface area contributed by atoms with Crippen molar-refractivity contribution >= 4 is 5.78 Å². The van der Waals surface area contributed by atoms with Crippen LogP contribution in [0.3, 0.4) is 0 Å². The van der Waals surface area contributed by atoms with Gasteiger partial charge in [-0.1, -0.05) is 32.4 Å². The van der Waals surface area contributed by atoms with E-state index in [2.05, 4.69) is 26.8 Å². The Morgan fingerprint density at radius 1 is 1.25 bits per heavy atom. The van der Waals surface area contributed by atoms with E-state index in [0.717, 1.165) is 38.5 Å². The maximum Gasteiger partial charge on any atom is 0.139 e. The molecule has 3 nitrogen and oxygen atoms in total. The van der Waals surface area contributed by atoms with Crippen molar-refractivity contribution in [2.24, 2.45) is 28.6 Å². The van der Waals surface area contributed by atoms with Crippen LogP contribution in [0.2, 0.25) is 0 Å². The van der Waals surface area contributed by atoms with Crippen LogP contribution < -0.4 is 0 Å². The van der Waals surface area contributed by atoms with Crippen LogP contribution in [0.1, 0.15) is 72.1 Å². The molecule has 0 saturated heterocycles. The molecule has 0 amide bonds. The second-order valence-electron chi connectivity index (χ2n) is 9.58. The summed E-state index contributed by atoms with van der Waals surface area (Å²) in [5.74, 6) is 1.48. The fraction of sp³-hybridized carbons (Fsp3) is 0.857. The normalized spacial score (nSPS) is 53.9. The molecule has 4 aliphatic carbocycles. The second-order valence-corrected chi connectivity index (χ2v) is 9.58. The van der Waals surface area contributed by atoms with Gasteiger partial charge in [-0.05, 0) is 68.1 Å². The van der Waals surface area contributed by atoms with Gasteiger partial charge in [0.05, 0.1) is 11.7 Å². The van der Waals surface area contributed by atoms with Crippen LogP contribution in [-0.2, 0) is 4.79 Å². The maximum atomic E-state index is 12.5. The second kappa shape index (κ2) is 5.17. The lowest BCUT2D eigenvalue weighted by Gasteiger charge is -2.59. The highest BCUT2D eigenvalue weighted by atomic mass is 16.3. The zero-order chi connectivity index (χ0) is 17.3. The predicted octanol–water partition coefficient (Wildman–Crippen LogP) is 3.63. The lowest BCUT2D eigenvalue weighted by molar-refractivity contribution is -0.147.